The van der Waals surface area contributed by atoms with Crippen molar-refractivity contribution in [1.82, 2.24) is 15.6 Å². The number of nitrogens with zero attached hydrogens (tertiary/aromatic N) is 2. The van der Waals surface area contributed by atoms with Gasteiger partial charge < -0.3 is 29.5 Å². The first-order chi connectivity index (χ1) is 18.9. The fourth-order valence-electron chi connectivity index (χ4n) is 4.39. The van der Waals surface area contributed by atoms with Crippen molar-refractivity contribution in [2.45, 2.75) is 37.8 Å². The number of rotatable bonds is 13. The second-order valence-corrected chi connectivity index (χ2v) is 10.0. The van der Waals surface area contributed by atoms with Crippen LogP contribution in [0.15, 0.2) is 47.6 Å². The van der Waals surface area contributed by atoms with Gasteiger partial charge in [-0.25, -0.2) is 5.43 Å². The molecule has 2 amide bonds. The van der Waals surface area contributed by atoms with Gasteiger partial charge in [-0.2, -0.15) is 5.10 Å². The van der Waals surface area contributed by atoms with E-state index in [2.05, 4.69) is 15.8 Å². The first-order valence-corrected chi connectivity index (χ1v) is 13.5. The molecule has 11 heteroatoms. The van der Waals surface area contributed by atoms with E-state index in [-0.39, 0.29) is 31.1 Å². The van der Waals surface area contributed by atoms with Crippen molar-refractivity contribution in [2.75, 3.05) is 46.6 Å². The summed E-state index contributed by atoms with van der Waals surface area (Å²) in [5, 5.41) is 18.1. The molecule has 0 spiro atoms. The Hall–Kier alpha value is -3.18. The number of amides is 2. The van der Waals surface area contributed by atoms with Gasteiger partial charge in [-0.15, -0.1) is 0 Å². The molecule has 2 aromatic rings. The summed E-state index contributed by atoms with van der Waals surface area (Å²) in [6.45, 7) is 2.24. The monoisotopic (exact) mass is 558 g/mol. The molecule has 0 radical (unpaired) electrons. The summed E-state index contributed by atoms with van der Waals surface area (Å²) in [6.07, 6.45) is 1.88. The predicted molar refractivity (Wildman–Crippen MR) is 147 cm³/mol. The number of hydrogen-bond donors (Lipinski definition) is 3. The maximum Gasteiger partial charge on any atom is 0.260 e. The largest absolute Gasteiger partial charge is 0.491 e. The number of hydrogen-bond acceptors (Lipinski definition) is 8. The summed E-state index contributed by atoms with van der Waals surface area (Å²) in [6, 6.07) is 13.1. The highest BCUT2D eigenvalue weighted by Gasteiger charge is 2.27. The summed E-state index contributed by atoms with van der Waals surface area (Å²) in [4.78, 5) is 25.7. The van der Waals surface area contributed by atoms with Crippen LogP contribution in [0.4, 0.5) is 0 Å². The van der Waals surface area contributed by atoms with Gasteiger partial charge in [0.1, 0.15) is 24.2 Å². The number of hydrazone groups is 1. The molecule has 210 valence electrons. The number of ether oxygens (including phenoxy) is 3. The lowest BCUT2D eigenvalue weighted by Crippen LogP contribution is -2.41. The third-order valence-electron chi connectivity index (χ3n) is 6.66. The molecule has 2 heterocycles. The molecule has 1 saturated heterocycles. The van der Waals surface area contributed by atoms with E-state index in [1.54, 1.807) is 24.1 Å². The molecule has 1 unspecified atom stereocenters. The van der Waals surface area contributed by atoms with Crippen LogP contribution < -0.4 is 20.2 Å². The fourth-order valence-corrected chi connectivity index (χ4v) is 4.63. The Bertz CT molecular complexity index is 1160. The van der Waals surface area contributed by atoms with Crippen molar-refractivity contribution in [3.63, 3.8) is 0 Å². The molecule has 10 nitrogen and oxygen atoms in total. The van der Waals surface area contributed by atoms with Crippen LogP contribution >= 0.6 is 11.6 Å². The lowest BCUT2D eigenvalue weighted by molar-refractivity contribution is -0.132. The van der Waals surface area contributed by atoms with Gasteiger partial charge in [0.25, 0.3) is 5.91 Å². The molecule has 3 N–H and O–H groups in total. The van der Waals surface area contributed by atoms with Crippen LogP contribution in [0.2, 0.25) is 5.02 Å². The molecule has 2 aliphatic rings. The van der Waals surface area contributed by atoms with E-state index in [1.165, 1.54) is 5.56 Å². The molecule has 39 heavy (non-hydrogen) atoms. The SMILES string of the molecule is COCCc1ccc(OC[C@@H](O)CNC2CCN(C(=O)COc3ccc(C4=NNC(=O)CC4)cc3Cl)C2)cc1. The summed E-state index contributed by atoms with van der Waals surface area (Å²) >= 11 is 6.36. The minimum absolute atomic E-state index is 0.0864. The van der Waals surface area contributed by atoms with Crippen LogP contribution in [0, 0.1) is 0 Å². The second-order valence-electron chi connectivity index (χ2n) is 9.61. The van der Waals surface area contributed by atoms with Gasteiger partial charge in [-0.1, -0.05) is 23.7 Å². The van der Waals surface area contributed by atoms with Crippen LogP contribution in [0.25, 0.3) is 0 Å². The molecule has 2 aromatic carbocycles. The van der Waals surface area contributed by atoms with Crippen LogP contribution in [0.3, 0.4) is 0 Å². The van der Waals surface area contributed by atoms with Crippen molar-refractivity contribution in [3.8, 4) is 11.5 Å². The van der Waals surface area contributed by atoms with E-state index in [0.29, 0.717) is 55.6 Å². The molecule has 0 aromatic heterocycles. The maximum absolute atomic E-state index is 12.7. The number of benzene rings is 2. The zero-order valence-electron chi connectivity index (χ0n) is 22.0. The number of nitrogens with one attached hydrogen (secondary N) is 2. The Labute approximate surface area is 233 Å². The molecule has 0 bridgehead atoms. The quantitative estimate of drug-likeness (QED) is 0.344. The van der Waals surface area contributed by atoms with Gasteiger partial charge in [0.2, 0.25) is 5.91 Å². The second kappa shape index (κ2) is 14.3. The highest BCUT2D eigenvalue weighted by molar-refractivity contribution is 6.32. The number of halogens is 1. The van der Waals surface area contributed by atoms with Crippen LogP contribution in [0.5, 0.6) is 11.5 Å². The van der Waals surface area contributed by atoms with Gasteiger partial charge in [-0.3, -0.25) is 9.59 Å². The highest BCUT2D eigenvalue weighted by atomic mass is 35.5. The molecule has 0 aliphatic carbocycles. The Morgan fingerprint density at radius 3 is 2.77 bits per heavy atom. The van der Waals surface area contributed by atoms with Gasteiger partial charge in [0.15, 0.2) is 6.61 Å². The summed E-state index contributed by atoms with van der Waals surface area (Å²) in [5.41, 5.74) is 5.19. The zero-order chi connectivity index (χ0) is 27.6. The molecule has 1 fully saturated rings. The molecule has 2 atom stereocenters. The van der Waals surface area contributed by atoms with Crippen molar-refractivity contribution < 1.29 is 28.9 Å². The lowest BCUT2D eigenvalue weighted by Gasteiger charge is -2.19. The van der Waals surface area contributed by atoms with Crippen molar-refractivity contribution >= 4 is 29.1 Å². The van der Waals surface area contributed by atoms with E-state index in [0.717, 1.165) is 24.1 Å². The van der Waals surface area contributed by atoms with Crippen LogP contribution in [0.1, 0.15) is 30.4 Å². The first-order valence-electron chi connectivity index (χ1n) is 13.1. The number of methoxy groups -OCH3 is 1. The normalized spacial score (nSPS) is 17.9. The number of aliphatic hydroxyl groups is 1. The van der Waals surface area contributed by atoms with E-state index >= 15 is 0 Å². The standard InChI is InChI=1S/C28H35ClN4O6/c1-37-13-11-19-2-5-23(6-3-19)38-17-22(34)15-30-21-10-12-33(16-21)28(36)18-39-26-8-4-20(14-24(26)29)25-7-9-27(35)32-31-25/h2-6,8,14,21-22,30,34H,7,9-13,15-18H2,1H3,(H,32,35)/t21?,22-/m0/s1. The third-order valence-corrected chi connectivity index (χ3v) is 6.96. The number of aliphatic hydroxyl groups excluding tert-OH is 1. The minimum atomic E-state index is -0.674. The predicted octanol–water partition coefficient (Wildman–Crippen LogP) is 2.15. The average molecular weight is 559 g/mol. The Balaban J connectivity index is 1.14. The first kappa shape index (κ1) is 28.8. The van der Waals surface area contributed by atoms with E-state index in [1.807, 2.05) is 30.3 Å². The average Bonchev–Trinajstić information content (AvgIpc) is 3.43. The zero-order valence-corrected chi connectivity index (χ0v) is 22.8. The summed E-state index contributed by atoms with van der Waals surface area (Å²) in [5.74, 6) is 0.884. The Morgan fingerprint density at radius 1 is 1.23 bits per heavy atom. The molecule has 2 aliphatic heterocycles. The Kier molecular flexibility index (Phi) is 10.5. The van der Waals surface area contributed by atoms with Gasteiger partial charge >= 0.3 is 0 Å². The molecular formula is C28H35ClN4O6. The van der Waals surface area contributed by atoms with Crippen molar-refractivity contribution in [3.05, 3.63) is 58.6 Å². The molecule has 0 saturated carbocycles. The number of carbonyl (C=O) groups excluding carboxylic acids is 2. The van der Waals surface area contributed by atoms with E-state index in [9.17, 15) is 14.7 Å². The van der Waals surface area contributed by atoms with Gasteiger partial charge in [-0.05, 0) is 54.3 Å². The smallest absolute Gasteiger partial charge is 0.260 e. The topological polar surface area (TPSA) is 122 Å². The maximum atomic E-state index is 12.7. The van der Waals surface area contributed by atoms with Crippen molar-refractivity contribution in [2.24, 2.45) is 5.10 Å². The third kappa shape index (κ3) is 8.66. The molecule has 4 rings (SSSR count). The highest BCUT2D eigenvalue weighted by Crippen LogP contribution is 2.27. The van der Waals surface area contributed by atoms with Crippen molar-refractivity contribution in [1.29, 1.82) is 0 Å². The summed E-state index contributed by atoms with van der Waals surface area (Å²) in [7, 11) is 1.68. The van der Waals surface area contributed by atoms with E-state index in [4.69, 9.17) is 25.8 Å². The fraction of sp³-hybridized carbons (Fsp3) is 0.464. The molecular weight excluding hydrogens is 524 g/mol. The van der Waals surface area contributed by atoms with Crippen LogP contribution in [-0.2, 0) is 20.7 Å². The lowest BCUT2D eigenvalue weighted by atomic mass is 10.0. The summed E-state index contributed by atoms with van der Waals surface area (Å²) < 4.78 is 16.5. The van der Waals surface area contributed by atoms with Gasteiger partial charge in [0, 0.05) is 45.6 Å². The van der Waals surface area contributed by atoms with Crippen LogP contribution in [-0.4, -0.2) is 86.2 Å². The minimum Gasteiger partial charge on any atom is -0.491 e. The number of likely N-dealkylation sites (tertiary alicyclic amines) is 1. The number of carbonyl (C=O) groups is 2. The Morgan fingerprint density at radius 2 is 2.05 bits per heavy atom. The van der Waals surface area contributed by atoms with Gasteiger partial charge in [0.05, 0.1) is 17.3 Å². The van der Waals surface area contributed by atoms with E-state index < -0.39 is 6.10 Å².